The molecule has 0 bridgehead atoms. The minimum absolute atomic E-state index is 0.795. The van der Waals surface area contributed by atoms with Crippen LogP contribution in [0, 0.1) is 19.8 Å². The summed E-state index contributed by atoms with van der Waals surface area (Å²) >= 11 is 0. The molecule has 0 spiro atoms. The van der Waals surface area contributed by atoms with Crippen molar-refractivity contribution >= 4 is 5.82 Å². The Labute approximate surface area is 122 Å². The molecule has 0 aromatic carbocycles. The average molecular weight is 274 g/mol. The van der Waals surface area contributed by atoms with Gasteiger partial charge in [0, 0.05) is 19.6 Å². The third kappa shape index (κ3) is 2.95. The molecule has 2 fully saturated rings. The SMILES string of the molecule is Cc1cnnc(N2CCCC(CN3CCCC3)C2)c1C. The van der Waals surface area contributed by atoms with Crippen molar-refractivity contribution in [1.82, 2.24) is 15.1 Å². The van der Waals surface area contributed by atoms with Crippen LogP contribution in [0.3, 0.4) is 0 Å². The minimum Gasteiger partial charge on any atom is -0.355 e. The normalized spacial score (nSPS) is 24.3. The van der Waals surface area contributed by atoms with Gasteiger partial charge in [0.25, 0.3) is 0 Å². The number of nitrogens with zero attached hydrogens (tertiary/aromatic N) is 4. The van der Waals surface area contributed by atoms with E-state index in [1.165, 1.54) is 56.4 Å². The fourth-order valence-electron chi connectivity index (χ4n) is 3.56. The van der Waals surface area contributed by atoms with Crippen LogP contribution >= 0.6 is 0 Å². The molecule has 2 aliphatic rings. The van der Waals surface area contributed by atoms with Crippen LogP contribution in [0.5, 0.6) is 0 Å². The fourth-order valence-corrected chi connectivity index (χ4v) is 3.56. The van der Waals surface area contributed by atoms with Crippen molar-refractivity contribution in [1.29, 1.82) is 0 Å². The summed E-state index contributed by atoms with van der Waals surface area (Å²) in [5.74, 6) is 1.90. The summed E-state index contributed by atoms with van der Waals surface area (Å²) in [6.07, 6.45) is 7.29. The zero-order chi connectivity index (χ0) is 13.9. The molecule has 3 rings (SSSR count). The lowest BCUT2D eigenvalue weighted by molar-refractivity contribution is 0.254. The quantitative estimate of drug-likeness (QED) is 0.847. The molecule has 2 aliphatic heterocycles. The molecule has 4 nitrogen and oxygen atoms in total. The summed E-state index contributed by atoms with van der Waals surface area (Å²) < 4.78 is 0. The number of anilines is 1. The van der Waals surface area contributed by atoms with Gasteiger partial charge in [0.2, 0.25) is 0 Å². The van der Waals surface area contributed by atoms with Crippen molar-refractivity contribution in [3.63, 3.8) is 0 Å². The lowest BCUT2D eigenvalue weighted by Crippen LogP contribution is -2.41. The molecule has 0 aliphatic carbocycles. The molecular formula is C16H26N4. The lowest BCUT2D eigenvalue weighted by atomic mass is 9.97. The molecule has 0 N–H and O–H groups in total. The largest absolute Gasteiger partial charge is 0.355 e. The number of rotatable bonds is 3. The number of hydrogen-bond acceptors (Lipinski definition) is 4. The highest BCUT2D eigenvalue weighted by Crippen LogP contribution is 2.26. The number of piperidine rings is 1. The average Bonchev–Trinajstić information content (AvgIpc) is 2.95. The van der Waals surface area contributed by atoms with E-state index in [0.717, 1.165) is 24.8 Å². The smallest absolute Gasteiger partial charge is 0.154 e. The second kappa shape index (κ2) is 6.08. The molecular weight excluding hydrogens is 248 g/mol. The molecule has 110 valence electrons. The van der Waals surface area contributed by atoms with Crippen molar-refractivity contribution < 1.29 is 0 Å². The Bertz CT molecular complexity index is 454. The maximum absolute atomic E-state index is 4.39. The Balaban J connectivity index is 1.66. The van der Waals surface area contributed by atoms with Gasteiger partial charge in [-0.1, -0.05) is 0 Å². The van der Waals surface area contributed by atoms with Crippen molar-refractivity contribution in [3.05, 3.63) is 17.3 Å². The second-order valence-electron chi connectivity index (χ2n) is 6.44. The predicted octanol–water partition coefficient (Wildman–Crippen LogP) is 2.41. The topological polar surface area (TPSA) is 32.3 Å². The van der Waals surface area contributed by atoms with E-state index in [-0.39, 0.29) is 0 Å². The molecule has 4 heteroatoms. The molecule has 0 radical (unpaired) electrons. The van der Waals surface area contributed by atoms with Gasteiger partial charge in [0.1, 0.15) is 0 Å². The van der Waals surface area contributed by atoms with E-state index in [9.17, 15) is 0 Å². The van der Waals surface area contributed by atoms with E-state index < -0.39 is 0 Å². The molecule has 1 aromatic rings. The molecule has 20 heavy (non-hydrogen) atoms. The van der Waals surface area contributed by atoms with Crippen LogP contribution in [-0.2, 0) is 0 Å². The van der Waals surface area contributed by atoms with E-state index in [0.29, 0.717) is 0 Å². The molecule has 1 unspecified atom stereocenters. The molecule has 2 saturated heterocycles. The van der Waals surface area contributed by atoms with Crippen LogP contribution < -0.4 is 4.90 Å². The van der Waals surface area contributed by atoms with E-state index in [1.807, 2.05) is 6.20 Å². The van der Waals surface area contributed by atoms with Crippen molar-refractivity contribution in [2.24, 2.45) is 5.92 Å². The van der Waals surface area contributed by atoms with Gasteiger partial charge in [-0.05, 0) is 69.7 Å². The van der Waals surface area contributed by atoms with E-state index in [1.54, 1.807) is 0 Å². The van der Waals surface area contributed by atoms with Crippen LogP contribution in [0.25, 0.3) is 0 Å². The Kier molecular flexibility index (Phi) is 4.20. The van der Waals surface area contributed by atoms with Crippen molar-refractivity contribution in [2.45, 2.75) is 39.5 Å². The first-order chi connectivity index (χ1) is 9.74. The molecule has 1 atom stereocenters. The van der Waals surface area contributed by atoms with Gasteiger partial charge in [-0.2, -0.15) is 5.10 Å². The van der Waals surface area contributed by atoms with Crippen molar-refractivity contribution in [2.75, 3.05) is 37.6 Å². The number of aromatic nitrogens is 2. The van der Waals surface area contributed by atoms with Crippen LogP contribution in [-0.4, -0.2) is 47.8 Å². The second-order valence-corrected chi connectivity index (χ2v) is 6.44. The number of aryl methyl sites for hydroxylation is 1. The zero-order valence-corrected chi connectivity index (χ0v) is 12.8. The Morgan fingerprint density at radius 2 is 1.95 bits per heavy atom. The number of hydrogen-bond donors (Lipinski definition) is 0. The molecule has 3 heterocycles. The van der Waals surface area contributed by atoms with Crippen LogP contribution in [0.15, 0.2) is 6.20 Å². The first kappa shape index (κ1) is 13.8. The minimum atomic E-state index is 0.795. The highest BCUT2D eigenvalue weighted by atomic mass is 15.3. The summed E-state index contributed by atoms with van der Waals surface area (Å²) in [6, 6.07) is 0. The molecule has 1 aromatic heterocycles. The third-order valence-corrected chi connectivity index (χ3v) is 4.86. The van der Waals surface area contributed by atoms with Gasteiger partial charge in [0.15, 0.2) is 5.82 Å². The van der Waals surface area contributed by atoms with Gasteiger partial charge in [-0.3, -0.25) is 0 Å². The monoisotopic (exact) mass is 274 g/mol. The van der Waals surface area contributed by atoms with Gasteiger partial charge in [-0.15, -0.1) is 5.10 Å². The zero-order valence-electron chi connectivity index (χ0n) is 12.8. The summed E-state index contributed by atoms with van der Waals surface area (Å²) in [5.41, 5.74) is 2.54. The summed E-state index contributed by atoms with van der Waals surface area (Å²) in [4.78, 5) is 5.10. The standard InChI is InChI=1S/C16H26N4/c1-13-10-17-18-16(14(13)2)20-9-5-6-15(12-20)11-19-7-3-4-8-19/h10,15H,3-9,11-12H2,1-2H3. The van der Waals surface area contributed by atoms with Gasteiger partial charge in [0.05, 0.1) is 6.20 Å². The summed E-state index contributed by atoms with van der Waals surface area (Å²) in [7, 11) is 0. The highest BCUT2D eigenvalue weighted by Gasteiger charge is 2.25. The van der Waals surface area contributed by atoms with Gasteiger partial charge < -0.3 is 9.80 Å². The Hall–Kier alpha value is -1.16. The van der Waals surface area contributed by atoms with Crippen molar-refractivity contribution in [3.8, 4) is 0 Å². The highest BCUT2D eigenvalue weighted by molar-refractivity contribution is 5.48. The molecule has 0 saturated carbocycles. The van der Waals surface area contributed by atoms with Crippen LogP contribution in [0.4, 0.5) is 5.82 Å². The maximum Gasteiger partial charge on any atom is 0.154 e. The predicted molar refractivity (Wildman–Crippen MR) is 82.1 cm³/mol. The summed E-state index contributed by atoms with van der Waals surface area (Å²) in [6.45, 7) is 10.5. The van der Waals surface area contributed by atoms with Crippen LogP contribution in [0.2, 0.25) is 0 Å². The maximum atomic E-state index is 4.39. The Morgan fingerprint density at radius 3 is 2.75 bits per heavy atom. The van der Waals surface area contributed by atoms with E-state index >= 15 is 0 Å². The number of likely N-dealkylation sites (tertiary alicyclic amines) is 1. The molecule has 0 amide bonds. The third-order valence-electron chi connectivity index (χ3n) is 4.86. The first-order valence-electron chi connectivity index (χ1n) is 8.00. The van der Waals surface area contributed by atoms with E-state index in [2.05, 4.69) is 33.8 Å². The lowest BCUT2D eigenvalue weighted by Gasteiger charge is -2.35. The fraction of sp³-hybridized carbons (Fsp3) is 0.750. The first-order valence-corrected chi connectivity index (χ1v) is 8.00. The Morgan fingerprint density at radius 1 is 1.15 bits per heavy atom. The van der Waals surface area contributed by atoms with Crippen LogP contribution in [0.1, 0.15) is 36.8 Å². The van der Waals surface area contributed by atoms with E-state index in [4.69, 9.17) is 0 Å². The summed E-state index contributed by atoms with van der Waals surface area (Å²) in [5, 5.41) is 8.54. The van der Waals surface area contributed by atoms with Gasteiger partial charge >= 0.3 is 0 Å². The van der Waals surface area contributed by atoms with Gasteiger partial charge in [-0.25, -0.2) is 0 Å².